The number of nitrogens with one attached hydrogen (secondary N) is 1. The van der Waals surface area contributed by atoms with Gasteiger partial charge in [-0.2, -0.15) is 0 Å². The number of thiophene rings is 1. The van der Waals surface area contributed by atoms with E-state index in [0.29, 0.717) is 11.5 Å². The molecule has 18 heavy (non-hydrogen) atoms. The van der Waals surface area contributed by atoms with Crippen LogP contribution in [-0.2, 0) is 0 Å². The maximum atomic E-state index is 11.8. The van der Waals surface area contributed by atoms with Gasteiger partial charge in [-0.25, -0.2) is 0 Å². The summed E-state index contributed by atoms with van der Waals surface area (Å²) < 4.78 is 0. The molecule has 6 nitrogen and oxygen atoms in total. The number of primary amides is 1. The quantitative estimate of drug-likeness (QED) is 0.673. The van der Waals surface area contributed by atoms with Crippen LogP contribution in [0.1, 0.15) is 20.0 Å². The van der Waals surface area contributed by atoms with Crippen molar-refractivity contribution in [3.63, 3.8) is 0 Å². The van der Waals surface area contributed by atoms with E-state index in [1.54, 1.807) is 25.1 Å². The van der Waals surface area contributed by atoms with Gasteiger partial charge in [0.2, 0.25) is 0 Å². The van der Waals surface area contributed by atoms with E-state index in [-0.39, 0.29) is 22.0 Å². The molecule has 0 aliphatic carbocycles. The van der Waals surface area contributed by atoms with Crippen molar-refractivity contribution in [1.29, 1.82) is 0 Å². The average Bonchev–Trinajstić information content (AvgIpc) is 2.64. The standard InChI is InChI=1S/C11H16N4O2S/c1-4-5-14-10(17)8-7(12)6(9(13)16)11(18-8)15(2)3/h4H,1,5,12H2,2-3H3,(H2,13,16)(H,14,17). The van der Waals surface area contributed by atoms with Crippen LogP contribution in [0.2, 0.25) is 0 Å². The largest absolute Gasteiger partial charge is 0.397 e. The summed E-state index contributed by atoms with van der Waals surface area (Å²) in [6, 6.07) is 0. The van der Waals surface area contributed by atoms with E-state index in [9.17, 15) is 9.59 Å². The minimum absolute atomic E-state index is 0.123. The van der Waals surface area contributed by atoms with Gasteiger partial charge in [-0.05, 0) is 0 Å². The van der Waals surface area contributed by atoms with Crippen LogP contribution in [-0.4, -0.2) is 32.5 Å². The van der Waals surface area contributed by atoms with Crippen molar-refractivity contribution in [2.24, 2.45) is 5.73 Å². The fourth-order valence-corrected chi connectivity index (χ4v) is 2.46. The normalized spacial score (nSPS) is 9.89. The van der Waals surface area contributed by atoms with Crippen molar-refractivity contribution >= 4 is 33.8 Å². The monoisotopic (exact) mass is 268 g/mol. The lowest BCUT2D eigenvalue weighted by Gasteiger charge is -2.10. The minimum Gasteiger partial charge on any atom is -0.397 e. The number of amides is 2. The molecule has 0 aliphatic heterocycles. The summed E-state index contributed by atoms with van der Waals surface area (Å²) in [5, 5.41) is 3.18. The molecule has 1 rings (SSSR count). The summed E-state index contributed by atoms with van der Waals surface area (Å²) in [5.74, 6) is -0.983. The number of carbonyl (C=O) groups excluding carboxylic acids is 2. The van der Waals surface area contributed by atoms with Crippen LogP contribution in [0.4, 0.5) is 10.7 Å². The predicted octanol–water partition coefficient (Wildman–Crippen LogP) is 0.411. The van der Waals surface area contributed by atoms with Gasteiger partial charge >= 0.3 is 0 Å². The Kier molecular flexibility index (Phi) is 4.33. The molecule has 1 aromatic heterocycles. The molecule has 0 atom stereocenters. The average molecular weight is 268 g/mol. The first-order valence-corrected chi connectivity index (χ1v) is 6.00. The van der Waals surface area contributed by atoms with Crippen molar-refractivity contribution in [3.8, 4) is 0 Å². The summed E-state index contributed by atoms with van der Waals surface area (Å²) in [4.78, 5) is 25.2. The number of nitrogens with zero attached hydrogens (tertiary/aromatic N) is 1. The first-order chi connectivity index (χ1) is 8.40. The highest BCUT2D eigenvalue weighted by Gasteiger charge is 2.24. The van der Waals surface area contributed by atoms with Crippen molar-refractivity contribution in [1.82, 2.24) is 5.32 Å². The molecule has 0 saturated heterocycles. The van der Waals surface area contributed by atoms with Gasteiger partial charge in [0.05, 0.1) is 11.3 Å². The minimum atomic E-state index is -0.643. The fourth-order valence-electron chi connectivity index (χ4n) is 1.40. The topological polar surface area (TPSA) is 101 Å². The number of rotatable bonds is 5. The Morgan fingerprint density at radius 3 is 2.50 bits per heavy atom. The zero-order chi connectivity index (χ0) is 13.9. The molecule has 98 valence electrons. The maximum absolute atomic E-state index is 11.8. The summed E-state index contributed by atoms with van der Waals surface area (Å²) in [5.41, 5.74) is 11.4. The highest BCUT2D eigenvalue weighted by atomic mass is 32.1. The number of hydrogen-bond acceptors (Lipinski definition) is 5. The second kappa shape index (κ2) is 5.54. The molecule has 2 amide bonds. The van der Waals surface area contributed by atoms with Crippen LogP contribution < -0.4 is 21.7 Å². The van der Waals surface area contributed by atoms with Crippen molar-refractivity contribution in [2.75, 3.05) is 31.3 Å². The first kappa shape index (κ1) is 14.0. The third kappa shape index (κ3) is 2.62. The highest BCUT2D eigenvalue weighted by Crippen LogP contribution is 2.36. The second-order valence-corrected chi connectivity index (χ2v) is 4.78. The molecule has 7 heteroatoms. The SMILES string of the molecule is C=CCNC(=O)c1sc(N(C)C)c(C(N)=O)c1N. The number of nitrogen functional groups attached to an aromatic ring is 1. The van der Waals surface area contributed by atoms with Gasteiger partial charge < -0.3 is 21.7 Å². The summed E-state index contributed by atoms with van der Waals surface area (Å²) >= 11 is 1.13. The lowest BCUT2D eigenvalue weighted by molar-refractivity contribution is 0.0962. The Bertz CT molecular complexity index is 493. The zero-order valence-electron chi connectivity index (χ0n) is 10.3. The Morgan fingerprint density at radius 2 is 2.11 bits per heavy atom. The van der Waals surface area contributed by atoms with E-state index in [4.69, 9.17) is 11.5 Å². The van der Waals surface area contributed by atoms with Crippen molar-refractivity contribution in [3.05, 3.63) is 23.1 Å². The van der Waals surface area contributed by atoms with Gasteiger partial charge in [0.15, 0.2) is 0 Å². The smallest absolute Gasteiger partial charge is 0.263 e. The third-order valence-electron chi connectivity index (χ3n) is 2.19. The number of anilines is 2. The Labute approximate surface area is 109 Å². The van der Waals surface area contributed by atoms with E-state index >= 15 is 0 Å². The molecule has 1 heterocycles. The second-order valence-electron chi connectivity index (χ2n) is 3.78. The van der Waals surface area contributed by atoms with E-state index in [1.165, 1.54) is 0 Å². The van der Waals surface area contributed by atoms with Gasteiger partial charge in [0, 0.05) is 20.6 Å². The van der Waals surface area contributed by atoms with E-state index in [0.717, 1.165) is 11.3 Å². The van der Waals surface area contributed by atoms with Crippen LogP contribution in [0.5, 0.6) is 0 Å². The molecule has 0 radical (unpaired) electrons. The molecule has 1 aromatic rings. The van der Waals surface area contributed by atoms with Gasteiger partial charge in [0.1, 0.15) is 9.88 Å². The van der Waals surface area contributed by atoms with Crippen molar-refractivity contribution in [2.45, 2.75) is 0 Å². The number of hydrogen-bond donors (Lipinski definition) is 3. The molecule has 0 saturated carbocycles. The highest BCUT2D eigenvalue weighted by molar-refractivity contribution is 7.19. The Morgan fingerprint density at radius 1 is 1.50 bits per heavy atom. The molecule has 0 fully saturated rings. The van der Waals surface area contributed by atoms with Gasteiger partial charge in [-0.1, -0.05) is 6.08 Å². The van der Waals surface area contributed by atoms with Crippen LogP contribution in [0.3, 0.4) is 0 Å². The Hall–Kier alpha value is -2.02. The van der Waals surface area contributed by atoms with E-state index in [1.807, 2.05) is 0 Å². The Balaban J connectivity index is 3.22. The molecule has 0 unspecified atom stereocenters. The number of nitrogens with two attached hydrogens (primary N) is 2. The van der Waals surface area contributed by atoms with Crippen LogP contribution in [0.25, 0.3) is 0 Å². The van der Waals surface area contributed by atoms with Crippen LogP contribution >= 0.6 is 11.3 Å². The molecule has 0 bridgehead atoms. The molecule has 0 aliphatic rings. The fraction of sp³-hybridized carbons (Fsp3) is 0.273. The molecule has 0 aromatic carbocycles. The van der Waals surface area contributed by atoms with Crippen molar-refractivity contribution < 1.29 is 9.59 Å². The van der Waals surface area contributed by atoms with E-state index < -0.39 is 5.91 Å². The van der Waals surface area contributed by atoms with Gasteiger partial charge in [-0.15, -0.1) is 17.9 Å². The summed E-state index contributed by atoms with van der Waals surface area (Å²) in [7, 11) is 3.51. The molecule has 0 spiro atoms. The summed E-state index contributed by atoms with van der Waals surface area (Å²) in [6.45, 7) is 3.84. The first-order valence-electron chi connectivity index (χ1n) is 5.18. The van der Waals surface area contributed by atoms with Crippen LogP contribution in [0, 0.1) is 0 Å². The molecular formula is C11H16N4O2S. The maximum Gasteiger partial charge on any atom is 0.263 e. The van der Waals surface area contributed by atoms with Gasteiger partial charge in [0.25, 0.3) is 11.8 Å². The molecular weight excluding hydrogens is 252 g/mol. The lowest BCUT2D eigenvalue weighted by atomic mass is 10.2. The summed E-state index contributed by atoms with van der Waals surface area (Å²) in [6.07, 6.45) is 1.56. The zero-order valence-corrected chi connectivity index (χ0v) is 11.1. The van der Waals surface area contributed by atoms with Crippen LogP contribution in [0.15, 0.2) is 12.7 Å². The predicted molar refractivity (Wildman–Crippen MR) is 74.1 cm³/mol. The van der Waals surface area contributed by atoms with E-state index in [2.05, 4.69) is 11.9 Å². The van der Waals surface area contributed by atoms with Gasteiger partial charge in [-0.3, -0.25) is 9.59 Å². The number of carbonyl (C=O) groups is 2. The lowest BCUT2D eigenvalue weighted by Crippen LogP contribution is -2.23. The third-order valence-corrected chi connectivity index (χ3v) is 3.56. The molecule has 5 N–H and O–H groups in total.